The van der Waals surface area contributed by atoms with Crippen LogP contribution in [0.2, 0.25) is 0 Å². The summed E-state index contributed by atoms with van der Waals surface area (Å²) in [6.45, 7) is 4.38. The second-order valence-corrected chi connectivity index (χ2v) is 6.60. The summed E-state index contributed by atoms with van der Waals surface area (Å²) in [4.78, 5) is 0. The van der Waals surface area contributed by atoms with Crippen LogP contribution in [-0.4, -0.2) is 0 Å². The van der Waals surface area contributed by atoms with Crippen molar-refractivity contribution in [2.24, 2.45) is 0 Å². The highest BCUT2D eigenvalue weighted by molar-refractivity contribution is 5.70. The normalized spacial score (nSPS) is 10.8. The highest BCUT2D eigenvalue weighted by Gasteiger charge is 2.01. The molecule has 0 spiro atoms. The van der Waals surface area contributed by atoms with Crippen LogP contribution in [0.4, 0.5) is 0 Å². The lowest BCUT2D eigenvalue weighted by Crippen LogP contribution is -1.86. The van der Waals surface area contributed by atoms with Gasteiger partial charge in [-0.1, -0.05) is 98.1 Å². The maximum absolute atomic E-state index is 2.28. The number of benzene rings is 3. The Balaban J connectivity index is 1.72. The first-order chi connectivity index (χ1) is 11.8. The fraction of sp³-hybridized carbons (Fsp3) is 0.250. The Bertz CT molecular complexity index is 747. The predicted octanol–water partition coefficient (Wildman–Crippen LogP) is 7.06. The standard InChI is InChI=1S/C24H26/c1-3-4-5-6-20-9-13-22(14-10-20)24-17-15-23(16-18-24)21-11-7-19(2)8-12-21/h7-18H,3-6H2,1-2H3. The van der Waals surface area contributed by atoms with Gasteiger partial charge in [-0.25, -0.2) is 0 Å². The maximum atomic E-state index is 2.28. The number of unbranched alkanes of at least 4 members (excludes halogenated alkanes) is 2. The van der Waals surface area contributed by atoms with Crippen LogP contribution in [0.3, 0.4) is 0 Å². The SMILES string of the molecule is CCCCCc1ccc(-c2ccc(-c3ccc(C)cc3)cc2)cc1. The summed E-state index contributed by atoms with van der Waals surface area (Å²) in [6.07, 6.45) is 5.09. The molecule has 3 rings (SSSR count). The fourth-order valence-electron chi connectivity index (χ4n) is 3.04. The molecule has 0 N–H and O–H groups in total. The van der Waals surface area contributed by atoms with E-state index in [-0.39, 0.29) is 0 Å². The van der Waals surface area contributed by atoms with E-state index in [0.717, 1.165) is 0 Å². The zero-order valence-electron chi connectivity index (χ0n) is 14.8. The summed E-state index contributed by atoms with van der Waals surface area (Å²) in [5.74, 6) is 0. The van der Waals surface area contributed by atoms with Gasteiger partial charge in [-0.15, -0.1) is 0 Å². The average Bonchev–Trinajstić information content (AvgIpc) is 2.63. The molecule has 0 aliphatic rings. The van der Waals surface area contributed by atoms with E-state index >= 15 is 0 Å². The van der Waals surface area contributed by atoms with Crippen LogP contribution in [0.25, 0.3) is 22.3 Å². The summed E-state index contributed by atoms with van der Waals surface area (Å²) in [5.41, 5.74) is 7.88. The zero-order valence-corrected chi connectivity index (χ0v) is 14.8. The number of hydrogen-bond acceptors (Lipinski definition) is 0. The predicted molar refractivity (Wildman–Crippen MR) is 105 cm³/mol. The van der Waals surface area contributed by atoms with Gasteiger partial charge in [-0.3, -0.25) is 0 Å². The summed E-state index contributed by atoms with van der Waals surface area (Å²) >= 11 is 0. The van der Waals surface area contributed by atoms with Crippen LogP contribution in [0.15, 0.2) is 72.8 Å². The first-order valence-corrected chi connectivity index (χ1v) is 9.02. The van der Waals surface area contributed by atoms with Gasteiger partial charge in [0.1, 0.15) is 0 Å². The molecule has 0 radical (unpaired) electrons. The van der Waals surface area contributed by atoms with E-state index in [4.69, 9.17) is 0 Å². The molecule has 0 heteroatoms. The summed E-state index contributed by atoms with van der Waals surface area (Å²) < 4.78 is 0. The Morgan fingerprint density at radius 3 is 1.42 bits per heavy atom. The molecule has 122 valence electrons. The molecule has 0 unspecified atom stereocenters. The van der Waals surface area contributed by atoms with Gasteiger partial charge in [0.15, 0.2) is 0 Å². The lowest BCUT2D eigenvalue weighted by molar-refractivity contribution is 0.717. The quantitative estimate of drug-likeness (QED) is 0.427. The molecular formula is C24H26. The Morgan fingerprint density at radius 1 is 0.542 bits per heavy atom. The smallest absolute Gasteiger partial charge is 0.0184 e. The first-order valence-electron chi connectivity index (χ1n) is 9.02. The van der Waals surface area contributed by atoms with E-state index in [9.17, 15) is 0 Å². The van der Waals surface area contributed by atoms with Gasteiger partial charge < -0.3 is 0 Å². The lowest BCUT2D eigenvalue weighted by Gasteiger charge is -2.07. The molecular weight excluding hydrogens is 288 g/mol. The first kappa shape index (κ1) is 16.5. The minimum Gasteiger partial charge on any atom is -0.0654 e. The largest absolute Gasteiger partial charge is 0.0654 e. The van der Waals surface area contributed by atoms with Crippen LogP contribution in [0.5, 0.6) is 0 Å². The van der Waals surface area contributed by atoms with Crippen molar-refractivity contribution in [3.8, 4) is 22.3 Å². The lowest BCUT2D eigenvalue weighted by atomic mass is 9.98. The van der Waals surface area contributed by atoms with E-state index < -0.39 is 0 Å². The van der Waals surface area contributed by atoms with E-state index in [1.54, 1.807) is 0 Å². The molecule has 0 bridgehead atoms. The third-order valence-corrected chi connectivity index (χ3v) is 4.63. The van der Waals surface area contributed by atoms with E-state index in [1.807, 2.05) is 0 Å². The van der Waals surface area contributed by atoms with Gasteiger partial charge in [-0.05, 0) is 47.6 Å². The van der Waals surface area contributed by atoms with Crippen molar-refractivity contribution in [1.82, 2.24) is 0 Å². The van der Waals surface area contributed by atoms with Crippen molar-refractivity contribution in [1.29, 1.82) is 0 Å². The highest BCUT2D eigenvalue weighted by Crippen LogP contribution is 2.25. The van der Waals surface area contributed by atoms with Gasteiger partial charge in [0, 0.05) is 0 Å². The summed E-state index contributed by atoms with van der Waals surface area (Å²) in [5, 5.41) is 0. The molecule has 0 saturated heterocycles. The van der Waals surface area contributed by atoms with E-state index in [1.165, 1.54) is 59.1 Å². The molecule has 0 heterocycles. The third kappa shape index (κ3) is 4.14. The summed E-state index contributed by atoms with van der Waals surface area (Å²) in [7, 11) is 0. The van der Waals surface area contributed by atoms with E-state index in [2.05, 4.69) is 86.6 Å². The fourth-order valence-corrected chi connectivity index (χ4v) is 3.04. The summed E-state index contributed by atoms with van der Waals surface area (Å²) in [6, 6.07) is 26.7. The van der Waals surface area contributed by atoms with Crippen LogP contribution in [0.1, 0.15) is 37.3 Å². The van der Waals surface area contributed by atoms with Crippen molar-refractivity contribution in [2.75, 3.05) is 0 Å². The van der Waals surface area contributed by atoms with Crippen molar-refractivity contribution >= 4 is 0 Å². The number of rotatable bonds is 6. The molecule has 0 amide bonds. The van der Waals surface area contributed by atoms with Crippen LogP contribution in [0, 0.1) is 6.92 Å². The molecule has 3 aromatic rings. The minimum absolute atomic E-state index is 1.19. The monoisotopic (exact) mass is 314 g/mol. The van der Waals surface area contributed by atoms with Gasteiger partial charge in [0.2, 0.25) is 0 Å². The van der Waals surface area contributed by atoms with Crippen LogP contribution >= 0.6 is 0 Å². The van der Waals surface area contributed by atoms with Crippen molar-refractivity contribution in [2.45, 2.75) is 39.5 Å². The second-order valence-electron chi connectivity index (χ2n) is 6.60. The van der Waals surface area contributed by atoms with Gasteiger partial charge in [-0.2, -0.15) is 0 Å². The Labute approximate surface area is 146 Å². The number of aryl methyl sites for hydroxylation is 2. The average molecular weight is 314 g/mol. The van der Waals surface area contributed by atoms with Crippen LogP contribution in [-0.2, 0) is 6.42 Å². The van der Waals surface area contributed by atoms with Crippen molar-refractivity contribution in [3.05, 3.63) is 83.9 Å². The molecule has 0 aromatic heterocycles. The zero-order chi connectivity index (χ0) is 16.8. The van der Waals surface area contributed by atoms with Gasteiger partial charge in [0.25, 0.3) is 0 Å². The molecule has 0 aliphatic heterocycles. The molecule has 3 aromatic carbocycles. The molecule has 0 saturated carbocycles. The van der Waals surface area contributed by atoms with Crippen LogP contribution < -0.4 is 0 Å². The highest BCUT2D eigenvalue weighted by atomic mass is 14.1. The maximum Gasteiger partial charge on any atom is -0.0184 e. The molecule has 0 nitrogen and oxygen atoms in total. The molecule has 0 fully saturated rings. The molecule has 0 aliphatic carbocycles. The minimum atomic E-state index is 1.19. The second kappa shape index (κ2) is 7.97. The van der Waals surface area contributed by atoms with Crippen molar-refractivity contribution in [3.63, 3.8) is 0 Å². The van der Waals surface area contributed by atoms with Gasteiger partial charge >= 0.3 is 0 Å². The third-order valence-electron chi connectivity index (χ3n) is 4.63. The Morgan fingerprint density at radius 2 is 0.958 bits per heavy atom. The van der Waals surface area contributed by atoms with Gasteiger partial charge in [0.05, 0.1) is 0 Å². The Kier molecular flexibility index (Phi) is 5.48. The topological polar surface area (TPSA) is 0 Å². The number of hydrogen-bond donors (Lipinski definition) is 0. The molecule has 24 heavy (non-hydrogen) atoms. The molecule has 0 atom stereocenters. The Hall–Kier alpha value is -2.34. The van der Waals surface area contributed by atoms with Crippen molar-refractivity contribution < 1.29 is 0 Å². The van der Waals surface area contributed by atoms with E-state index in [0.29, 0.717) is 0 Å².